The Morgan fingerprint density at radius 2 is 2.05 bits per heavy atom. The third-order valence-corrected chi connectivity index (χ3v) is 3.50. The molecule has 0 aliphatic carbocycles. The van der Waals surface area contributed by atoms with E-state index in [2.05, 4.69) is 20.4 Å². The predicted molar refractivity (Wildman–Crippen MR) is 81.2 cm³/mol. The van der Waals surface area contributed by atoms with Crippen molar-refractivity contribution in [3.8, 4) is 0 Å². The third-order valence-electron chi connectivity index (χ3n) is 3.25. The summed E-state index contributed by atoms with van der Waals surface area (Å²) in [6.45, 7) is 0.336. The number of aryl methyl sites for hydroxylation is 1. The van der Waals surface area contributed by atoms with E-state index < -0.39 is 6.10 Å². The first-order valence-electron chi connectivity index (χ1n) is 6.45. The molecule has 3 rings (SSSR count). The number of fused-ring (bicyclic) bond motifs is 1. The number of hydrogen-bond acceptors (Lipinski definition) is 5. The van der Waals surface area contributed by atoms with Crippen LogP contribution in [0.15, 0.2) is 36.8 Å². The van der Waals surface area contributed by atoms with Crippen LogP contribution in [-0.4, -0.2) is 31.4 Å². The molecule has 108 valence electrons. The maximum atomic E-state index is 10.2. The van der Waals surface area contributed by atoms with Crippen molar-refractivity contribution in [2.75, 3.05) is 11.9 Å². The number of rotatable bonds is 4. The maximum absolute atomic E-state index is 10.2. The Morgan fingerprint density at radius 3 is 2.81 bits per heavy atom. The van der Waals surface area contributed by atoms with E-state index in [0.717, 1.165) is 16.6 Å². The summed E-state index contributed by atoms with van der Waals surface area (Å²) in [5.41, 5.74) is 1.54. The van der Waals surface area contributed by atoms with Crippen molar-refractivity contribution in [1.82, 2.24) is 19.7 Å². The first-order chi connectivity index (χ1) is 10.1. The van der Waals surface area contributed by atoms with Gasteiger partial charge in [-0.15, -0.1) is 0 Å². The summed E-state index contributed by atoms with van der Waals surface area (Å²) < 4.78 is 1.68. The fraction of sp³-hybridized carbons (Fsp3) is 0.214. The van der Waals surface area contributed by atoms with Gasteiger partial charge in [-0.2, -0.15) is 5.10 Å². The van der Waals surface area contributed by atoms with Gasteiger partial charge >= 0.3 is 0 Å². The Kier molecular flexibility index (Phi) is 3.72. The number of anilines is 1. The van der Waals surface area contributed by atoms with Gasteiger partial charge in [-0.05, 0) is 17.7 Å². The average Bonchev–Trinajstić information content (AvgIpc) is 2.88. The lowest BCUT2D eigenvalue weighted by Gasteiger charge is -2.13. The van der Waals surface area contributed by atoms with E-state index in [9.17, 15) is 5.11 Å². The molecule has 0 fully saturated rings. The highest BCUT2D eigenvalue weighted by Crippen LogP contribution is 2.20. The lowest BCUT2D eigenvalue weighted by Crippen LogP contribution is -2.13. The molecule has 0 amide bonds. The van der Waals surface area contributed by atoms with Crippen molar-refractivity contribution < 1.29 is 5.11 Å². The SMILES string of the molecule is Cn1ncc2c(NCC(O)c3ccc(Cl)cc3)ncnc21. The smallest absolute Gasteiger partial charge is 0.163 e. The van der Waals surface area contributed by atoms with Crippen molar-refractivity contribution in [2.24, 2.45) is 7.05 Å². The maximum Gasteiger partial charge on any atom is 0.163 e. The summed E-state index contributed by atoms with van der Waals surface area (Å²) in [5, 5.41) is 18.9. The number of nitrogens with zero attached hydrogens (tertiary/aromatic N) is 4. The lowest BCUT2D eigenvalue weighted by atomic mass is 10.1. The van der Waals surface area contributed by atoms with Crippen LogP contribution in [0.4, 0.5) is 5.82 Å². The molecule has 7 heteroatoms. The van der Waals surface area contributed by atoms with E-state index in [0.29, 0.717) is 17.4 Å². The van der Waals surface area contributed by atoms with Crippen LogP contribution in [0.5, 0.6) is 0 Å². The quantitative estimate of drug-likeness (QED) is 0.772. The molecule has 2 aromatic heterocycles. The standard InChI is InChI=1S/C14H14ClN5O/c1-20-14-11(6-19-20)13(17-8-18-14)16-7-12(21)9-2-4-10(15)5-3-9/h2-6,8,12,21H,7H2,1H3,(H,16,17,18). The molecule has 1 aromatic carbocycles. The largest absolute Gasteiger partial charge is 0.387 e. The van der Waals surface area contributed by atoms with Gasteiger partial charge in [0.1, 0.15) is 12.1 Å². The number of nitrogens with one attached hydrogen (secondary N) is 1. The summed E-state index contributed by atoms with van der Waals surface area (Å²) in [6, 6.07) is 7.11. The fourth-order valence-electron chi connectivity index (χ4n) is 2.10. The molecule has 0 saturated heterocycles. The van der Waals surface area contributed by atoms with Gasteiger partial charge in [0.25, 0.3) is 0 Å². The first kappa shape index (κ1) is 13.8. The minimum Gasteiger partial charge on any atom is -0.387 e. The molecule has 6 nitrogen and oxygen atoms in total. The van der Waals surface area contributed by atoms with Crippen LogP contribution in [0.25, 0.3) is 11.0 Å². The van der Waals surface area contributed by atoms with E-state index in [1.165, 1.54) is 6.33 Å². The second-order valence-corrected chi connectivity index (χ2v) is 5.11. The minimum absolute atomic E-state index is 0.336. The zero-order chi connectivity index (χ0) is 14.8. The molecule has 0 radical (unpaired) electrons. The molecule has 1 unspecified atom stereocenters. The average molecular weight is 304 g/mol. The van der Waals surface area contributed by atoms with E-state index in [-0.39, 0.29) is 0 Å². The summed E-state index contributed by atoms with van der Waals surface area (Å²) >= 11 is 5.83. The zero-order valence-corrected chi connectivity index (χ0v) is 12.1. The molecule has 21 heavy (non-hydrogen) atoms. The summed E-state index contributed by atoms with van der Waals surface area (Å²) in [6.07, 6.45) is 2.52. The number of benzene rings is 1. The molecule has 1 atom stereocenters. The second-order valence-electron chi connectivity index (χ2n) is 4.68. The summed E-state index contributed by atoms with van der Waals surface area (Å²) in [4.78, 5) is 8.36. The zero-order valence-electron chi connectivity index (χ0n) is 11.4. The van der Waals surface area contributed by atoms with Crippen LogP contribution in [0, 0.1) is 0 Å². The molecule has 0 saturated carbocycles. The van der Waals surface area contributed by atoms with E-state index in [1.54, 1.807) is 35.1 Å². The van der Waals surface area contributed by atoms with Gasteiger partial charge in [-0.25, -0.2) is 9.97 Å². The number of hydrogen-bond donors (Lipinski definition) is 2. The van der Waals surface area contributed by atoms with Crippen LogP contribution in [0.3, 0.4) is 0 Å². The van der Waals surface area contributed by atoms with Gasteiger partial charge in [0, 0.05) is 18.6 Å². The molecule has 0 aliphatic rings. The number of aliphatic hydroxyl groups is 1. The van der Waals surface area contributed by atoms with Crippen LogP contribution < -0.4 is 5.32 Å². The lowest BCUT2D eigenvalue weighted by molar-refractivity contribution is 0.191. The van der Waals surface area contributed by atoms with E-state index >= 15 is 0 Å². The van der Waals surface area contributed by atoms with Gasteiger partial charge in [-0.3, -0.25) is 4.68 Å². The minimum atomic E-state index is -0.649. The van der Waals surface area contributed by atoms with Crippen LogP contribution in [0.2, 0.25) is 5.02 Å². The van der Waals surface area contributed by atoms with Gasteiger partial charge in [0.15, 0.2) is 5.65 Å². The predicted octanol–water partition coefficient (Wildman–Crippen LogP) is 2.16. The van der Waals surface area contributed by atoms with E-state index in [4.69, 9.17) is 11.6 Å². The Morgan fingerprint density at radius 1 is 1.29 bits per heavy atom. The highest BCUT2D eigenvalue weighted by atomic mass is 35.5. The highest BCUT2D eigenvalue weighted by molar-refractivity contribution is 6.30. The topological polar surface area (TPSA) is 75.9 Å². The van der Waals surface area contributed by atoms with E-state index in [1.807, 2.05) is 7.05 Å². The molecular weight excluding hydrogens is 290 g/mol. The highest BCUT2D eigenvalue weighted by Gasteiger charge is 2.11. The molecule has 2 N–H and O–H groups in total. The van der Waals surface area contributed by atoms with Crippen LogP contribution >= 0.6 is 11.6 Å². The molecule has 2 heterocycles. The van der Waals surface area contributed by atoms with Gasteiger partial charge < -0.3 is 10.4 Å². The molecule has 0 bridgehead atoms. The van der Waals surface area contributed by atoms with Crippen LogP contribution in [-0.2, 0) is 7.05 Å². The molecule has 3 aromatic rings. The number of aromatic nitrogens is 4. The molecular formula is C14H14ClN5O. The monoisotopic (exact) mass is 303 g/mol. The van der Waals surface area contributed by atoms with Crippen molar-refractivity contribution >= 4 is 28.5 Å². The second kappa shape index (κ2) is 5.67. The normalized spacial score (nSPS) is 12.5. The van der Waals surface area contributed by atoms with Crippen LogP contribution in [0.1, 0.15) is 11.7 Å². The van der Waals surface area contributed by atoms with Gasteiger partial charge in [0.05, 0.1) is 17.7 Å². The Hall–Kier alpha value is -2.18. The Balaban J connectivity index is 1.75. The fourth-order valence-corrected chi connectivity index (χ4v) is 2.23. The summed E-state index contributed by atoms with van der Waals surface area (Å²) in [5.74, 6) is 0.654. The first-order valence-corrected chi connectivity index (χ1v) is 6.83. The Labute approximate surface area is 126 Å². The molecule has 0 aliphatic heterocycles. The van der Waals surface area contributed by atoms with Crippen molar-refractivity contribution in [1.29, 1.82) is 0 Å². The van der Waals surface area contributed by atoms with Crippen molar-refractivity contribution in [3.63, 3.8) is 0 Å². The summed E-state index contributed by atoms with van der Waals surface area (Å²) in [7, 11) is 1.82. The van der Waals surface area contributed by atoms with Crippen molar-refractivity contribution in [3.05, 3.63) is 47.4 Å². The third kappa shape index (κ3) is 2.81. The van der Waals surface area contributed by atoms with Gasteiger partial charge in [-0.1, -0.05) is 23.7 Å². The molecule has 0 spiro atoms. The number of halogens is 1. The van der Waals surface area contributed by atoms with Crippen molar-refractivity contribution in [2.45, 2.75) is 6.10 Å². The van der Waals surface area contributed by atoms with Gasteiger partial charge in [0.2, 0.25) is 0 Å². The number of aliphatic hydroxyl groups excluding tert-OH is 1. The Bertz CT molecular complexity index is 756.